The number of benzene rings is 1. The lowest BCUT2D eigenvalue weighted by Crippen LogP contribution is -2.41. The van der Waals surface area contributed by atoms with E-state index in [1.54, 1.807) is 15.1 Å². The van der Waals surface area contributed by atoms with Crippen molar-refractivity contribution in [2.75, 3.05) is 18.4 Å². The molecule has 0 aliphatic carbocycles. The number of aromatic nitrogens is 5. The smallest absolute Gasteiger partial charge is 0.293 e. The van der Waals surface area contributed by atoms with Crippen LogP contribution in [-0.4, -0.2) is 54.8 Å². The first-order valence-electron chi connectivity index (χ1n) is 10.3. The van der Waals surface area contributed by atoms with E-state index >= 15 is 0 Å². The summed E-state index contributed by atoms with van der Waals surface area (Å²) >= 11 is 1.28. The zero-order valence-corrected chi connectivity index (χ0v) is 18.6. The molecule has 0 bridgehead atoms. The van der Waals surface area contributed by atoms with Gasteiger partial charge in [-0.2, -0.15) is 0 Å². The van der Waals surface area contributed by atoms with Crippen LogP contribution in [0, 0.1) is 12.8 Å². The predicted molar refractivity (Wildman–Crippen MR) is 117 cm³/mol. The van der Waals surface area contributed by atoms with Crippen molar-refractivity contribution in [1.82, 2.24) is 29.9 Å². The van der Waals surface area contributed by atoms with Gasteiger partial charge in [-0.15, -0.1) is 15.3 Å². The van der Waals surface area contributed by atoms with E-state index in [-0.39, 0.29) is 23.6 Å². The van der Waals surface area contributed by atoms with Crippen LogP contribution in [0.25, 0.3) is 5.69 Å². The van der Waals surface area contributed by atoms with Gasteiger partial charge in [-0.25, -0.2) is 9.67 Å². The van der Waals surface area contributed by atoms with E-state index in [0.717, 1.165) is 11.3 Å². The summed E-state index contributed by atoms with van der Waals surface area (Å²) < 4.78 is 1.74. The second kappa shape index (κ2) is 8.93. The van der Waals surface area contributed by atoms with Gasteiger partial charge < -0.3 is 10.2 Å². The number of hydrogen-bond acceptors (Lipinski definition) is 7. The fourth-order valence-corrected chi connectivity index (χ4v) is 4.25. The molecule has 1 N–H and O–H groups in total. The molecule has 0 radical (unpaired) electrons. The van der Waals surface area contributed by atoms with Gasteiger partial charge in [0.1, 0.15) is 11.3 Å². The third kappa shape index (κ3) is 4.48. The Balaban J connectivity index is 1.43. The number of rotatable bonds is 5. The summed E-state index contributed by atoms with van der Waals surface area (Å²) in [6.45, 7) is 7.09. The van der Waals surface area contributed by atoms with Crippen molar-refractivity contribution in [3.63, 3.8) is 0 Å². The number of amides is 2. The van der Waals surface area contributed by atoms with Crippen LogP contribution in [0.2, 0.25) is 0 Å². The van der Waals surface area contributed by atoms with E-state index in [1.165, 1.54) is 11.3 Å². The van der Waals surface area contributed by atoms with Gasteiger partial charge >= 0.3 is 0 Å². The fourth-order valence-electron chi connectivity index (χ4n) is 3.80. The highest BCUT2D eigenvalue weighted by Crippen LogP contribution is 2.24. The molecule has 31 heavy (non-hydrogen) atoms. The summed E-state index contributed by atoms with van der Waals surface area (Å²) in [6, 6.07) is 8.03. The van der Waals surface area contributed by atoms with Gasteiger partial charge in [0.25, 0.3) is 5.91 Å². The highest BCUT2D eigenvalue weighted by molar-refractivity contribution is 7.13. The second-order valence-electron chi connectivity index (χ2n) is 7.91. The Morgan fingerprint density at radius 1 is 1.19 bits per heavy atom. The van der Waals surface area contributed by atoms with Crippen molar-refractivity contribution in [3.8, 4) is 5.69 Å². The Hall–Kier alpha value is -3.14. The molecule has 0 saturated carbocycles. The molecule has 2 aromatic heterocycles. The summed E-state index contributed by atoms with van der Waals surface area (Å²) in [7, 11) is 0. The van der Waals surface area contributed by atoms with E-state index in [2.05, 4.69) is 45.5 Å². The highest BCUT2D eigenvalue weighted by atomic mass is 32.1. The van der Waals surface area contributed by atoms with Gasteiger partial charge in [0.2, 0.25) is 16.9 Å². The maximum absolute atomic E-state index is 13.0. The molecule has 4 rings (SSSR count). The summed E-state index contributed by atoms with van der Waals surface area (Å²) in [5.74, 6) is 0.747. The molecular weight excluding hydrogens is 414 g/mol. The molecule has 1 saturated heterocycles. The molecule has 9 nitrogen and oxygen atoms in total. The van der Waals surface area contributed by atoms with Crippen LogP contribution >= 0.6 is 11.3 Å². The summed E-state index contributed by atoms with van der Waals surface area (Å²) in [5.41, 5.74) is 3.66. The number of para-hydroxylation sites is 1. The summed E-state index contributed by atoms with van der Waals surface area (Å²) in [5, 5.41) is 15.4. The van der Waals surface area contributed by atoms with Crippen molar-refractivity contribution in [2.24, 2.45) is 5.92 Å². The van der Waals surface area contributed by atoms with E-state index < -0.39 is 0 Å². The van der Waals surface area contributed by atoms with Gasteiger partial charge in [-0.3, -0.25) is 9.59 Å². The van der Waals surface area contributed by atoms with Gasteiger partial charge in [0, 0.05) is 19.0 Å². The minimum atomic E-state index is -0.202. The summed E-state index contributed by atoms with van der Waals surface area (Å²) in [4.78, 5) is 31.6. The predicted octanol–water partition coefficient (Wildman–Crippen LogP) is 3.04. The topological polar surface area (TPSA) is 106 Å². The molecular formula is C21H25N7O2S. The molecule has 1 aliphatic rings. The van der Waals surface area contributed by atoms with Crippen LogP contribution in [0.3, 0.4) is 0 Å². The van der Waals surface area contributed by atoms with Crippen molar-refractivity contribution < 1.29 is 9.59 Å². The molecule has 0 atom stereocenters. The largest absolute Gasteiger partial charge is 0.336 e. The second-order valence-corrected chi connectivity index (χ2v) is 8.74. The van der Waals surface area contributed by atoms with E-state index in [9.17, 15) is 9.59 Å². The summed E-state index contributed by atoms with van der Waals surface area (Å²) in [6.07, 6.45) is 1.18. The number of carbonyl (C=O) groups excluding carboxylic acids is 2. The van der Waals surface area contributed by atoms with Crippen LogP contribution in [0.5, 0.6) is 0 Å². The number of likely N-dealkylation sites (tertiary alicyclic amines) is 1. The van der Waals surface area contributed by atoms with Gasteiger partial charge in [-0.05, 0) is 37.3 Å². The van der Waals surface area contributed by atoms with E-state index in [4.69, 9.17) is 0 Å². The van der Waals surface area contributed by atoms with Crippen LogP contribution in [0.15, 0.2) is 29.8 Å². The van der Waals surface area contributed by atoms with Gasteiger partial charge in [0.05, 0.1) is 5.69 Å². The standard InChI is InChI=1S/C21H25N7O2S/c1-13(2)16-6-4-5-7-17(16)28-14(3)23-18(26-28)20(30)27-10-8-15(9-11-27)19(29)24-21-25-22-12-31-21/h4-7,12-13,15H,8-11H2,1-3H3,(H,24,25,29). The number of anilines is 1. The SMILES string of the molecule is Cc1nc(C(=O)N2CCC(C(=O)Nc3nncs3)CC2)nn1-c1ccccc1C(C)C. The van der Waals surface area contributed by atoms with Crippen LogP contribution in [0.4, 0.5) is 5.13 Å². The molecule has 1 aliphatic heterocycles. The monoisotopic (exact) mass is 439 g/mol. The molecule has 2 amide bonds. The van der Waals surface area contributed by atoms with Crippen LogP contribution in [-0.2, 0) is 4.79 Å². The maximum Gasteiger partial charge on any atom is 0.293 e. The third-order valence-corrected chi connectivity index (χ3v) is 6.10. The Morgan fingerprint density at radius 3 is 2.61 bits per heavy atom. The quantitative estimate of drug-likeness (QED) is 0.655. The number of piperidine rings is 1. The average Bonchev–Trinajstić information content (AvgIpc) is 3.42. The van der Waals surface area contributed by atoms with E-state index in [0.29, 0.717) is 42.8 Å². The zero-order valence-electron chi connectivity index (χ0n) is 17.8. The fraction of sp³-hybridized carbons (Fsp3) is 0.429. The molecule has 162 valence electrons. The van der Waals surface area contributed by atoms with Gasteiger partial charge in [0.15, 0.2) is 0 Å². The Labute approximate surface area is 184 Å². The van der Waals surface area contributed by atoms with Crippen LogP contribution in [0.1, 0.15) is 54.6 Å². The highest BCUT2D eigenvalue weighted by Gasteiger charge is 2.30. The minimum Gasteiger partial charge on any atom is -0.336 e. The normalized spacial score (nSPS) is 14.8. The molecule has 0 unspecified atom stereocenters. The first kappa shape index (κ1) is 21.1. The first-order valence-corrected chi connectivity index (χ1v) is 11.2. The van der Waals surface area contributed by atoms with Crippen molar-refractivity contribution >= 4 is 28.3 Å². The lowest BCUT2D eigenvalue weighted by molar-refractivity contribution is -0.121. The Kier molecular flexibility index (Phi) is 6.08. The number of carbonyl (C=O) groups is 2. The molecule has 1 aromatic carbocycles. The van der Waals surface area contributed by atoms with Crippen molar-refractivity contribution in [1.29, 1.82) is 0 Å². The van der Waals surface area contributed by atoms with Crippen LogP contribution < -0.4 is 5.32 Å². The third-order valence-electron chi connectivity index (χ3n) is 5.49. The number of nitrogens with zero attached hydrogens (tertiary/aromatic N) is 6. The molecule has 3 aromatic rings. The molecule has 0 spiro atoms. The maximum atomic E-state index is 13.0. The van der Waals surface area contributed by atoms with Crippen molar-refractivity contribution in [2.45, 2.75) is 39.5 Å². The lowest BCUT2D eigenvalue weighted by atomic mass is 9.96. The molecule has 1 fully saturated rings. The zero-order chi connectivity index (χ0) is 22.0. The Bertz CT molecular complexity index is 1070. The first-order chi connectivity index (χ1) is 14.9. The van der Waals surface area contributed by atoms with E-state index in [1.807, 2.05) is 25.1 Å². The van der Waals surface area contributed by atoms with Gasteiger partial charge in [-0.1, -0.05) is 43.4 Å². The Morgan fingerprint density at radius 2 is 1.94 bits per heavy atom. The number of nitrogens with one attached hydrogen (secondary N) is 1. The minimum absolute atomic E-state index is 0.0765. The lowest BCUT2D eigenvalue weighted by Gasteiger charge is -2.30. The number of aryl methyl sites for hydroxylation is 1. The molecule has 3 heterocycles. The number of hydrogen-bond donors (Lipinski definition) is 1. The molecule has 10 heteroatoms. The average molecular weight is 440 g/mol. The van der Waals surface area contributed by atoms with Crippen molar-refractivity contribution in [3.05, 3.63) is 47.0 Å².